The van der Waals surface area contributed by atoms with Crippen LogP contribution in [0.3, 0.4) is 0 Å². The van der Waals surface area contributed by atoms with Gasteiger partial charge in [0, 0.05) is 6.54 Å². The van der Waals surface area contributed by atoms with Crippen LogP contribution in [-0.4, -0.2) is 41.5 Å². The van der Waals surface area contributed by atoms with Gasteiger partial charge in [0.2, 0.25) is 0 Å². The lowest BCUT2D eigenvalue weighted by molar-refractivity contribution is -0.145. The van der Waals surface area contributed by atoms with Crippen molar-refractivity contribution in [1.82, 2.24) is 9.88 Å². The predicted molar refractivity (Wildman–Crippen MR) is 69.5 cm³/mol. The highest BCUT2D eigenvalue weighted by atomic mass is 16.5. The normalized spacial score (nSPS) is 18.4. The van der Waals surface area contributed by atoms with Gasteiger partial charge >= 0.3 is 5.97 Å². The zero-order valence-electron chi connectivity index (χ0n) is 11.0. The number of pyridine rings is 1. The number of hydrogen-bond acceptors (Lipinski definition) is 5. The first-order valence-electron chi connectivity index (χ1n) is 6.15. The molecule has 2 rings (SSSR count). The summed E-state index contributed by atoms with van der Waals surface area (Å²) in [6, 6.07) is 1.09. The van der Waals surface area contributed by atoms with Crippen LogP contribution >= 0.6 is 0 Å². The Morgan fingerprint density at radius 2 is 2.26 bits per heavy atom. The van der Waals surface area contributed by atoms with E-state index in [-0.39, 0.29) is 11.9 Å². The minimum absolute atomic E-state index is 0.217. The topological polar surface area (TPSA) is 85.5 Å². The Balaban J connectivity index is 2.28. The number of nitrogen functional groups attached to an aromatic ring is 1. The fourth-order valence-corrected chi connectivity index (χ4v) is 2.31. The third-order valence-corrected chi connectivity index (χ3v) is 3.33. The highest BCUT2D eigenvalue weighted by Gasteiger charge is 2.35. The number of methoxy groups -OCH3 is 1. The number of carbonyl (C=O) groups is 2. The summed E-state index contributed by atoms with van der Waals surface area (Å²) in [7, 11) is 1.33. The Morgan fingerprint density at radius 3 is 2.95 bits per heavy atom. The number of amides is 1. The van der Waals surface area contributed by atoms with Crippen molar-refractivity contribution in [2.24, 2.45) is 0 Å². The van der Waals surface area contributed by atoms with Crippen LogP contribution in [0.2, 0.25) is 0 Å². The van der Waals surface area contributed by atoms with E-state index in [4.69, 9.17) is 10.5 Å². The molecule has 1 aliphatic rings. The Kier molecular flexibility index (Phi) is 3.69. The lowest BCUT2D eigenvalue weighted by atomic mass is 10.1. The van der Waals surface area contributed by atoms with Gasteiger partial charge in [0.25, 0.3) is 5.91 Å². The number of nitrogens with two attached hydrogens (primary N) is 1. The second-order valence-corrected chi connectivity index (χ2v) is 4.58. The van der Waals surface area contributed by atoms with Crippen LogP contribution in [-0.2, 0) is 9.53 Å². The van der Waals surface area contributed by atoms with Crippen LogP contribution in [0.5, 0.6) is 0 Å². The van der Waals surface area contributed by atoms with Gasteiger partial charge in [-0.1, -0.05) is 0 Å². The van der Waals surface area contributed by atoms with Crippen molar-refractivity contribution in [1.29, 1.82) is 0 Å². The van der Waals surface area contributed by atoms with Crippen molar-refractivity contribution in [2.45, 2.75) is 25.8 Å². The molecule has 0 bridgehead atoms. The predicted octanol–water partition coefficient (Wildman–Crippen LogP) is 0.750. The van der Waals surface area contributed by atoms with E-state index >= 15 is 0 Å². The molecule has 1 aromatic heterocycles. The summed E-state index contributed by atoms with van der Waals surface area (Å²) in [5.74, 6) is -0.592. The number of hydrogen-bond donors (Lipinski definition) is 1. The summed E-state index contributed by atoms with van der Waals surface area (Å²) in [6.45, 7) is 2.29. The number of aryl methyl sites for hydroxylation is 1. The van der Waals surface area contributed by atoms with Gasteiger partial charge in [-0.2, -0.15) is 0 Å². The largest absolute Gasteiger partial charge is 0.467 e. The van der Waals surface area contributed by atoms with E-state index in [1.807, 2.05) is 0 Å². The molecule has 0 aromatic carbocycles. The molecule has 2 heterocycles. The number of ether oxygens (including phenoxy) is 1. The first-order valence-corrected chi connectivity index (χ1v) is 6.15. The molecule has 2 N–H and O–H groups in total. The highest BCUT2D eigenvalue weighted by Crippen LogP contribution is 2.22. The standard InChI is InChI=1S/C13H17N3O3/c1-8-10(6-9(14)7-15-8)12(17)16-5-3-4-11(16)13(18)19-2/h6-7,11H,3-5,14H2,1-2H3. The van der Waals surface area contributed by atoms with Crippen LogP contribution in [0.25, 0.3) is 0 Å². The molecule has 1 atom stereocenters. The summed E-state index contributed by atoms with van der Waals surface area (Å²) in [4.78, 5) is 29.7. The van der Waals surface area contributed by atoms with E-state index in [1.165, 1.54) is 18.2 Å². The summed E-state index contributed by atoms with van der Waals surface area (Å²) in [5, 5.41) is 0. The minimum Gasteiger partial charge on any atom is -0.467 e. The van der Waals surface area contributed by atoms with Gasteiger partial charge in [-0.3, -0.25) is 9.78 Å². The van der Waals surface area contributed by atoms with E-state index in [2.05, 4.69) is 4.98 Å². The van der Waals surface area contributed by atoms with E-state index in [0.717, 1.165) is 6.42 Å². The quantitative estimate of drug-likeness (QED) is 0.796. The van der Waals surface area contributed by atoms with Gasteiger partial charge in [-0.25, -0.2) is 4.79 Å². The van der Waals surface area contributed by atoms with Gasteiger partial charge in [0.05, 0.1) is 30.3 Å². The Labute approximate surface area is 111 Å². The second-order valence-electron chi connectivity index (χ2n) is 4.58. The molecule has 6 heteroatoms. The molecule has 1 aliphatic heterocycles. The number of nitrogens with zero attached hydrogens (tertiary/aromatic N) is 2. The lowest BCUT2D eigenvalue weighted by Gasteiger charge is -2.23. The zero-order valence-corrected chi connectivity index (χ0v) is 11.0. The van der Waals surface area contributed by atoms with Crippen molar-refractivity contribution in [2.75, 3.05) is 19.4 Å². The number of carbonyl (C=O) groups excluding carboxylic acids is 2. The van der Waals surface area contributed by atoms with Crippen molar-refractivity contribution < 1.29 is 14.3 Å². The molecule has 0 radical (unpaired) electrons. The third kappa shape index (κ3) is 2.52. The van der Waals surface area contributed by atoms with Gasteiger partial charge < -0.3 is 15.4 Å². The fourth-order valence-electron chi connectivity index (χ4n) is 2.31. The number of anilines is 1. The maximum absolute atomic E-state index is 12.5. The van der Waals surface area contributed by atoms with Crippen molar-refractivity contribution >= 4 is 17.6 Å². The molecule has 1 unspecified atom stereocenters. The molecular formula is C13H17N3O3. The van der Waals surface area contributed by atoms with Crippen LogP contribution in [0, 0.1) is 6.92 Å². The fraction of sp³-hybridized carbons (Fsp3) is 0.462. The van der Waals surface area contributed by atoms with Gasteiger partial charge in [0.15, 0.2) is 0 Å². The highest BCUT2D eigenvalue weighted by molar-refractivity contribution is 5.98. The molecule has 6 nitrogen and oxygen atoms in total. The number of esters is 1. The molecular weight excluding hydrogens is 246 g/mol. The van der Waals surface area contributed by atoms with Crippen LogP contribution in [0.1, 0.15) is 28.9 Å². The minimum atomic E-state index is -0.502. The van der Waals surface area contributed by atoms with Crippen LogP contribution < -0.4 is 5.73 Å². The first-order chi connectivity index (χ1) is 9.04. The molecule has 0 aliphatic carbocycles. The molecule has 19 heavy (non-hydrogen) atoms. The van der Waals surface area contributed by atoms with Gasteiger partial charge in [-0.05, 0) is 25.8 Å². The Bertz CT molecular complexity index is 516. The number of likely N-dealkylation sites (tertiary alicyclic amines) is 1. The van der Waals surface area contributed by atoms with Crippen molar-refractivity contribution in [3.05, 3.63) is 23.5 Å². The summed E-state index contributed by atoms with van der Waals surface area (Å²) in [5.41, 5.74) is 7.14. The van der Waals surface area contributed by atoms with Crippen LogP contribution in [0.4, 0.5) is 5.69 Å². The molecule has 1 aromatic rings. The average molecular weight is 263 g/mol. The molecule has 1 saturated heterocycles. The Morgan fingerprint density at radius 1 is 1.53 bits per heavy atom. The maximum Gasteiger partial charge on any atom is 0.328 e. The van der Waals surface area contributed by atoms with Crippen molar-refractivity contribution in [3.8, 4) is 0 Å². The van der Waals surface area contributed by atoms with Gasteiger partial charge in [0.1, 0.15) is 6.04 Å². The monoisotopic (exact) mass is 263 g/mol. The number of rotatable bonds is 2. The average Bonchev–Trinajstić information content (AvgIpc) is 2.89. The van der Waals surface area contributed by atoms with Gasteiger partial charge in [-0.15, -0.1) is 0 Å². The number of aromatic nitrogens is 1. The molecule has 0 saturated carbocycles. The SMILES string of the molecule is COC(=O)C1CCCN1C(=O)c1cc(N)cnc1C. The molecule has 0 spiro atoms. The lowest BCUT2D eigenvalue weighted by Crippen LogP contribution is -2.41. The van der Waals surface area contributed by atoms with E-state index < -0.39 is 6.04 Å². The summed E-state index contributed by atoms with van der Waals surface area (Å²) < 4.78 is 4.73. The maximum atomic E-state index is 12.5. The van der Waals surface area contributed by atoms with Crippen LogP contribution in [0.15, 0.2) is 12.3 Å². The smallest absolute Gasteiger partial charge is 0.328 e. The molecule has 1 fully saturated rings. The van der Waals surface area contributed by atoms with E-state index in [0.29, 0.717) is 29.9 Å². The second kappa shape index (κ2) is 5.26. The first kappa shape index (κ1) is 13.3. The third-order valence-electron chi connectivity index (χ3n) is 3.33. The Hall–Kier alpha value is -2.11. The summed E-state index contributed by atoms with van der Waals surface area (Å²) in [6.07, 6.45) is 2.93. The molecule has 102 valence electrons. The zero-order chi connectivity index (χ0) is 14.0. The molecule has 1 amide bonds. The van der Waals surface area contributed by atoms with E-state index in [1.54, 1.807) is 13.0 Å². The van der Waals surface area contributed by atoms with E-state index in [9.17, 15) is 9.59 Å². The van der Waals surface area contributed by atoms with Crippen molar-refractivity contribution in [3.63, 3.8) is 0 Å². The summed E-state index contributed by atoms with van der Waals surface area (Å²) >= 11 is 0.